The van der Waals surface area contributed by atoms with Gasteiger partial charge in [-0.25, -0.2) is 4.39 Å². The van der Waals surface area contributed by atoms with Crippen LogP contribution in [0.5, 0.6) is 0 Å². The van der Waals surface area contributed by atoms with E-state index in [9.17, 15) is 14.0 Å². The molecule has 1 fully saturated rings. The Kier molecular flexibility index (Phi) is 6.86. The molecule has 0 aliphatic carbocycles. The Hall–Kier alpha value is -2.89. The topological polar surface area (TPSA) is 61.4 Å². The molecule has 1 aliphatic rings. The molecule has 2 amide bonds. The molecule has 0 radical (unpaired) electrons. The summed E-state index contributed by atoms with van der Waals surface area (Å²) in [6.07, 6.45) is 1.02. The van der Waals surface area contributed by atoms with E-state index in [0.717, 1.165) is 19.5 Å². The average molecular weight is 397 g/mol. The number of rotatable bonds is 7. The average Bonchev–Trinajstić information content (AvgIpc) is 3.20. The number of anilines is 1. The van der Waals surface area contributed by atoms with Gasteiger partial charge in [0, 0.05) is 30.9 Å². The van der Waals surface area contributed by atoms with Crippen LogP contribution >= 0.6 is 0 Å². The second-order valence-corrected chi connectivity index (χ2v) is 7.88. The van der Waals surface area contributed by atoms with Crippen LogP contribution in [0.4, 0.5) is 10.1 Å². The third-order valence-electron chi connectivity index (χ3n) is 5.31. The lowest BCUT2D eigenvalue weighted by molar-refractivity contribution is -0.124. The highest BCUT2D eigenvalue weighted by Gasteiger charge is 2.27. The van der Waals surface area contributed by atoms with Gasteiger partial charge in [-0.2, -0.15) is 0 Å². The van der Waals surface area contributed by atoms with Gasteiger partial charge in [0.2, 0.25) is 5.91 Å². The molecule has 6 heteroatoms. The zero-order chi connectivity index (χ0) is 20.8. The van der Waals surface area contributed by atoms with Crippen LogP contribution in [0, 0.1) is 17.7 Å². The Morgan fingerprint density at radius 1 is 1.10 bits per heavy atom. The predicted octanol–water partition coefficient (Wildman–Crippen LogP) is 3.22. The van der Waals surface area contributed by atoms with Crippen LogP contribution in [-0.4, -0.2) is 37.5 Å². The summed E-state index contributed by atoms with van der Waals surface area (Å²) in [5.74, 6) is -0.659. The minimum absolute atomic E-state index is 0.0659. The smallest absolute Gasteiger partial charge is 0.251 e. The van der Waals surface area contributed by atoms with Crippen LogP contribution in [0.25, 0.3) is 0 Å². The molecule has 1 aliphatic heterocycles. The molecule has 2 aromatic carbocycles. The molecule has 3 rings (SSSR count). The summed E-state index contributed by atoms with van der Waals surface area (Å²) in [6.45, 7) is 6.24. The number of benzene rings is 2. The first-order valence-corrected chi connectivity index (χ1v) is 10.1. The summed E-state index contributed by atoms with van der Waals surface area (Å²) >= 11 is 0. The van der Waals surface area contributed by atoms with E-state index in [1.54, 1.807) is 0 Å². The van der Waals surface area contributed by atoms with Gasteiger partial charge in [-0.15, -0.1) is 0 Å². The second-order valence-electron chi connectivity index (χ2n) is 7.88. The molecular formula is C23H28FN3O2. The zero-order valence-corrected chi connectivity index (χ0v) is 16.9. The molecule has 0 aromatic heterocycles. The van der Waals surface area contributed by atoms with Crippen molar-refractivity contribution in [1.82, 2.24) is 10.6 Å². The number of para-hydroxylation sites is 1. The van der Waals surface area contributed by atoms with Gasteiger partial charge >= 0.3 is 0 Å². The molecule has 0 spiro atoms. The monoisotopic (exact) mass is 397 g/mol. The van der Waals surface area contributed by atoms with Gasteiger partial charge in [0.05, 0.1) is 0 Å². The summed E-state index contributed by atoms with van der Waals surface area (Å²) in [5, 5.41) is 5.78. The molecule has 2 aromatic rings. The van der Waals surface area contributed by atoms with Gasteiger partial charge in [0.25, 0.3) is 5.91 Å². The molecule has 2 unspecified atom stereocenters. The summed E-state index contributed by atoms with van der Waals surface area (Å²) in [6, 6.07) is 14.9. The predicted molar refractivity (Wildman–Crippen MR) is 112 cm³/mol. The Bertz CT molecular complexity index is 824. The lowest BCUT2D eigenvalue weighted by Crippen LogP contribution is -2.50. The van der Waals surface area contributed by atoms with E-state index in [4.69, 9.17) is 0 Å². The second kappa shape index (κ2) is 9.54. The van der Waals surface area contributed by atoms with Crippen molar-refractivity contribution in [1.29, 1.82) is 0 Å². The molecule has 154 valence electrons. The van der Waals surface area contributed by atoms with E-state index in [1.807, 2.05) is 32.0 Å². The number of hydrogen-bond acceptors (Lipinski definition) is 3. The number of carbonyl (C=O) groups excluding carboxylic acids is 2. The van der Waals surface area contributed by atoms with Crippen molar-refractivity contribution in [3.05, 3.63) is 66.0 Å². The van der Waals surface area contributed by atoms with E-state index in [1.165, 1.54) is 30.0 Å². The molecular weight excluding hydrogens is 369 g/mol. The van der Waals surface area contributed by atoms with Gasteiger partial charge in [-0.3, -0.25) is 9.59 Å². The fourth-order valence-corrected chi connectivity index (χ4v) is 3.59. The summed E-state index contributed by atoms with van der Waals surface area (Å²) < 4.78 is 13.1. The highest BCUT2D eigenvalue weighted by molar-refractivity contribution is 5.97. The van der Waals surface area contributed by atoms with Gasteiger partial charge in [-0.05, 0) is 54.7 Å². The number of halogens is 1. The lowest BCUT2D eigenvalue weighted by atomic mass is 10.0. The third-order valence-corrected chi connectivity index (χ3v) is 5.31. The van der Waals surface area contributed by atoms with Crippen LogP contribution in [0.1, 0.15) is 30.6 Å². The van der Waals surface area contributed by atoms with Crippen LogP contribution in [-0.2, 0) is 4.79 Å². The first-order valence-electron chi connectivity index (χ1n) is 10.1. The Morgan fingerprint density at radius 2 is 1.79 bits per heavy atom. The SMILES string of the molecule is CC(C)C(NC(=O)c1ccc(F)cc1)C(=O)NCC1CCN(c2ccccc2)C1. The van der Waals surface area contributed by atoms with Crippen LogP contribution in [0.15, 0.2) is 54.6 Å². The first-order chi connectivity index (χ1) is 13.9. The van der Waals surface area contributed by atoms with Gasteiger partial charge in [0.1, 0.15) is 11.9 Å². The maximum absolute atomic E-state index is 13.1. The molecule has 1 heterocycles. The quantitative estimate of drug-likeness (QED) is 0.754. The van der Waals surface area contributed by atoms with Crippen molar-refractivity contribution in [3.8, 4) is 0 Å². The molecule has 1 saturated heterocycles. The van der Waals surface area contributed by atoms with Gasteiger partial charge < -0.3 is 15.5 Å². The zero-order valence-electron chi connectivity index (χ0n) is 16.9. The molecule has 5 nitrogen and oxygen atoms in total. The molecule has 29 heavy (non-hydrogen) atoms. The number of nitrogens with zero attached hydrogens (tertiary/aromatic N) is 1. The lowest BCUT2D eigenvalue weighted by Gasteiger charge is -2.23. The molecule has 0 bridgehead atoms. The van der Waals surface area contributed by atoms with Crippen molar-refractivity contribution < 1.29 is 14.0 Å². The van der Waals surface area contributed by atoms with E-state index < -0.39 is 11.9 Å². The number of amides is 2. The highest BCUT2D eigenvalue weighted by Crippen LogP contribution is 2.23. The Balaban J connectivity index is 1.52. The van der Waals surface area contributed by atoms with Crippen molar-refractivity contribution >= 4 is 17.5 Å². The van der Waals surface area contributed by atoms with E-state index >= 15 is 0 Å². The Morgan fingerprint density at radius 3 is 2.45 bits per heavy atom. The minimum atomic E-state index is -0.640. The van der Waals surface area contributed by atoms with Gasteiger partial charge in [-0.1, -0.05) is 32.0 Å². The normalized spacial score (nSPS) is 17.2. The fraction of sp³-hybridized carbons (Fsp3) is 0.391. The van der Waals surface area contributed by atoms with Crippen LogP contribution in [0.2, 0.25) is 0 Å². The van der Waals surface area contributed by atoms with Gasteiger partial charge in [0.15, 0.2) is 0 Å². The van der Waals surface area contributed by atoms with Crippen molar-refractivity contribution in [2.45, 2.75) is 26.3 Å². The number of carbonyl (C=O) groups is 2. The fourth-order valence-electron chi connectivity index (χ4n) is 3.59. The number of hydrogen-bond donors (Lipinski definition) is 2. The van der Waals surface area contributed by atoms with E-state index in [2.05, 4.69) is 27.7 Å². The standard InChI is InChI=1S/C23H28FN3O2/c1-16(2)21(26-22(28)18-8-10-19(24)11-9-18)23(29)25-14-17-12-13-27(15-17)20-6-4-3-5-7-20/h3-11,16-17,21H,12-15H2,1-2H3,(H,25,29)(H,26,28). The van der Waals surface area contributed by atoms with Crippen LogP contribution in [0.3, 0.4) is 0 Å². The summed E-state index contributed by atoms with van der Waals surface area (Å²) in [5.41, 5.74) is 1.53. The molecule has 2 N–H and O–H groups in total. The molecule has 2 atom stereocenters. The van der Waals surface area contributed by atoms with E-state index in [0.29, 0.717) is 18.0 Å². The molecule has 0 saturated carbocycles. The summed E-state index contributed by atoms with van der Waals surface area (Å²) in [4.78, 5) is 27.5. The van der Waals surface area contributed by atoms with Crippen LogP contribution < -0.4 is 15.5 Å². The van der Waals surface area contributed by atoms with Crippen molar-refractivity contribution in [2.24, 2.45) is 11.8 Å². The first kappa shape index (κ1) is 20.8. The van der Waals surface area contributed by atoms with E-state index in [-0.39, 0.29) is 17.7 Å². The summed E-state index contributed by atoms with van der Waals surface area (Å²) in [7, 11) is 0. The maximum Gasteiger partial charge on any atom is 0.251 e. The Labute approximate surface area is 171 Å². The van der Waals surface area contributed by atoms with Crippen molar-refractivity contribution in [2.75, 3.05) is 24.5 Å². The highest BCUT2D eigenvalue weighted by atomic mass is 19.1. The largest absolute Gasteiger partial charge is 0.371 e. The van der Waals surface area contributed by atoms with Crippen molar-refractivity contribution in [3.63, 3.8) is 0 Å². The minimum Gasteiger partial charge on any atom is -0.371 e. The maximum atomic E-state index is 13.1. The number of nitrogens with one attached hydrogen (secondary N) is 2. The third kappa shape index (κ3) is 5.56.